The molecule has 3 aromatic rings. The predicted octanol–water partition coefficient (Wildman–Crippen LogP) is 5.15. The van der Waals surface area contributed by atoms with Crippen LogP contribution in [0.3, 0.4) is 0 Å². The molecule has 2 nitrogen and oxygen atoms in total. The molecule has 0 saturated carbocycles. The van der Waals surface area contributed by atoms with Gasteiger partial charge in [-0.1, -0.05) is 42.5 Å². The number of aliphatic hydroxyl groups excluding tert-OH is 1. The van der Waals surface area contributed by atoms with Gasteiger partial charge in [-0.2, -0.15) is 0 Å². The van der Waals surface area contributed by atoms with E-state index in [1.165, 1.54) is 27.1 Å². The second-order valence-corrected chi connectivity index (χ2v) is 7.32. The zero-order valence-electron chi connectivity index (χ0n) is 13.7. The van der Waals surface area contributed by atoms with Crippen molar-refractivity contribution in [2.75, 3.05) is 0 Å². The molecule has 0 spiro atoms. The number of aryl methyl sites for hydroxylation is 1. The monoisotopic (exact) mass is 336 g/mol. The average Bonchev–Trinajstić information content (AvgIpc) is 3.06. The summed E-state index contributed by atoms with van der Waals surface area (Å²) in [4.78, 5) is 2.33. The summed E-state index contributed by atoms with van der Waals surface area (Å²) in [6, 6.07) is 18.7. The lowest BCUT2D eigenvalue weighted by Crippen LogP contribution is -2.05. The Balaban J connectivity index is 1.65. The van der Waals surface area contributed by atoms with Gasteiger partial charge in [0.15, 0.2) is 0 Å². The molecule has 0 aliphatic heterocycles. The van der Waals surface area contributed by atoms with Crippen molar-refractivity contribution < 1.29 is 9.84 Å². The normalized spacial score (nSPS) is 13.9. The fourth-order valence-corrected chi connectivity index (χ4v) is 4.44. The first-order valence-corrected chi connectivity index (χ1v) is 9.13. The Bertz CT molecular complexity index is 850. The number of aliphatic hydroxyl groups is 1. The van der Waals surface area contributed by atoms with Gasteiger partial charge >= 0.3 is 0 Å². The van der Waals surface area contributed by atoms with Crippen molar-refractivity contribution >= 4 is 11.3 Å². The molecule has 3 heteroatoms. The minimum absolute atomic E-state index is 0.401. The van der Waals surface area contributed by atoms with E-state index in [-0.39, 0.29) is 0 Å². The summed E-state index contributed by atoms with van der Waals surface area (Å²) in [5.74, 6) is 0.981. The van der Waals surface area contributed by atoms with Crippen LogP contribution in [-0.2, 0) is 19.4 Å². The van der Waals surface area contributed by atoms with E-state index in [1.54, 1.807) is 11.3 Å². The van der Waals surface area contributed by atoms with Crippen molar-refractivity contribution in [2.45, 2.75) is 32.5 Å². The van der Waals surface area contributed by atoms with Crippen LogP contribution in [-0.4, -0.2) is 5.11 Å². The molecule has 1 aliphatic rings. The van der Waals surface area contributed by atoms with Crippen molar-refractivity contribution in [3.8, 4) is 16.2 Å². The van der Waals surface area contributed by atoms with Gasteiger partial charge in [-0.15, -0.1) is 11.3 Å². The van der Waals surface area contributed by atoms with Crippen LogP contribution < -0.4 is 4.74 Å². The van der Waals surface area contributed by atoms with E-state index in [0.29, 0.717) is 6.61 Å². The quantitative estimate of drug-likeness (QED) is 0.714. The standard InChI is InChI=1S/C21H20O2S/c1-14(22)20-12-16-10-11-17-18(21(16)24-20)8-5-9-19(17)23-13-15-6-3-2-4-7-15/h2-9,12,14,22H,10-11,13H2,1H3. The maximum absolute atomic E-state index is 9.87. The van der Waals surface area contributed by atoms with Gasteiger partial charge in [-0.3, -0.25) is 0 Å². The topological polar surface area (TPSA) is 29.5 Å². The molecule has 122 valence electrons. The molecule has 0 saturated heterocycles. The molecule has 1 aromatic heterocycles. The fraction of sp³-hybridized carbons (Fsp3) is 0.238. The maximum Gasteiger partial charge on any atom is 0.123 e. The third-order valence-corrected chi connectivity index (χ3v) is 5.88. The van der Waals surface area contributed by atoms with Crippen molar-refractivity contribution in [1.29, 1.82) is 0 Å². The first kappa shape index (κ1) is 15.4. The molecule has 1 heterocycles. The summed E-state index contributed by atoms with van der Waals surface area (Å²) in [7, 11) is 0. The van der Waals surface area contributed by atoms with Crippen LogP contribution in [0.15, 0.2) is 54.6 Å². The van der Waals surface area contributed by atoms with Crippen LogP contribution in [0.1, 0.15) is 34.6 Å². The summed E-state index contributed by atoms with van der Waals surface area (Å²) in [5.41, 5.74) is 5.08. The lowest BCUT2D eigenvalue weighted by molar-refractivity contribution is 0.203. The third-order valence-electron chi connectivity index (χ3n) is 4.50. The largest absolute Gasteiger partial charge is 0.489 e. The molecule has 0 bridgehead atoms. The molecule has 1 N–H and O–H groups in total. The van der Waals surface area contributed by atoms with Crippen molar-refractivity contribution in [3.63, 3.8) is 0 Å². The highest BCUT2D eigenvalue weighted by atomic mass is 32.1. The number of thiophene rings is 1. The Morgan fingerprint density at radius 2 is 1.92 bits per heavy atom. The first-order chi connectivity index (χ1) is 11.7. The van der Waals surface area contributed by atoms with Crippen LogP contribution in [0.5, 0.6) is 5.75 Å². The summed E-state index contributed by atoms with van der Waals surface area (Å²) in [6.07, 6.45) is 1.60. The lowest BCUT2D eigenvalue weighted by atomic mass is 9.90. The van der Waals surface area contributed by atoms with Gasteiger partial charge in [-0.05, 0) is 48.6 Å². The minimum atomic E-state index is -0.401. The number of benzene rings is 2. The van der Waals surface area contributed by atoms with Crippen LogP contribution in [0.2, 0.25) is 0 Å². The third kappa shape index (κ3) is 2.85. The molecular weight excluding hydrogens is 316 g/mol. The molecule has 24 heavy (non-hydrogen) atoms. The SMILES string of the molecule is CC(O)c1cc2c(s1)-c1cccc(OCc3ccccc3)c1CC2. The molecule has 1 aliphatic carbocycles. The molecular formula is C21H20O2S. The Morgan fingerprint density at radius 3 is 2.71 bits per heavy atom. The molecule has 2 aromatic carbocycles. The van der Waals surface area contributed by atoms with Crippen molar-refractivity contribution in [1.82, 2.24) is 0 Å². The Hall–Kier alpha value is -2.10. The summed E-state index contributed by atoms with van der Waals surface area (Å²) in [6.45, 7) is 2.42. The van der Waals surface area contributed by atoms with Gasteiger partial charge in [0.25, 0.3) is 0 Å². The molecule has 4 rings (SSSR count). The molecule has 1 unspecified atom stereocenters. The predicted molar refractivity (Wildman–Crippen MR) is 98.6 cm³/mol. The molecule has 0 radical (unpaired) electrons. The number of rotatable bonds is 4. The maximum atomic E-state index is 9.87. The zero-order valence-corrected chi connectivity index (χ0v) is 14.5. The molecule has 1 atom stereocenters. The van der Waals surface area contributed by atoms with E-state index in [0.717, 1.165) is 23.5 Å². The summed E-state index contributed by atoms with van der Waals surface area (Å²) in [5, 5.41) is 9.87. The molecule has 0 amide bonds. The Labute approximate surface area is 146 Å². The van der Waals surface area contributed by atoms with Gasteiger partial charge in [-0.25, -0.2) is 0 Å². The fourth-order valence-electron chi connectivity index (χ4n) is 3.24. The highest BCUT2D eigenvalue weighted by Gasteiger charge is 2.23. The van der Waals surface area contributed by atoms with Crippen molar-refractivity contribution in [2.24, 2.45) is 0 Å². The van der Waals surface area contributed by atoms with E-state index in [9.17, 15) is 5.11 Å². The molecule has 0 fully saturated rings. The smallest absolute Gasteiger partial charge is 0.123 e. The van der Waals surface area contributed by atoms with Gasteiger partial charge < -0.3 is 9.84 Å². The van der Waals surface area contributed by atoms with Crippen LogP contribution >= 0.6 is 11.3 Å². The van der Waals surface area contributed by atoms with E-state index < -0.39 is 6.10 Å². The summed E-state index contributed by atoms with van der Waals surface area (Å²) >= 11 is 1.70. The van der Waals surface area contributed by atoms with Crippen LogP contribution in [0.4, 0.5) is 0 Å². The van der Waals surface area contributed by atoms with E-state index in [2.05, 4.69) is 36.4 Å². The van der Waals surface area contributed by atoms with Gasteiger partial charge in [0, 0.05) is 15.3 Å². The second kappa shape index (κ2) is 6.42. The minimum Gasteiger partial charge on any atom is -0.489 e. The zero-order chi connectivity index (χ0) is 16.5. The van der Waals surface area contributed by atoms with Gasteiger partial charge in [0.05, 0.1) is 6.10 Å². The number of hydrogen-bond donors (Lipinski definition) is 1. The highest BCUT2D eigenvalue weighted by molar-refractivity contribution is 7.15. The highest BCUT2D eigenvalue weighted by Crippen LogP contribution is 2.44. The summed E-state index contributed by atoms with van der Waals surface area (Å²) < 4.78 is 6.11. The average molecular weight is 336 g/mol. The van der Waals surface area contributed by atoms with E-state index >= 15 is 0 Å². The van der Waals surface area contributed by atoms with Gasteiger partial charge in [0.1, 0.15) is 12.4 Å². The van der Waals surface area contributed by atoms with Crippen LogP contribution in [0, 0.1) is 0 Å². The van der Waals surface area contributed by atoms with E-state index in [1.807, 2.05) is 25.1 Å². The van der Waals surface area contributed by atoms with Crippen LogP contribution in [0.25, 0.3) is 10.4 Å². The van der Waals surface area contributed by atoms with Gasteiger partial charge in [0.2, 0.25) is 0 Å². The Morgan fingerprint density at radius 1 is 1.08 bits per heavy atom. The first-order valence-electron chi connectivity index (χ1n) is 8.32. The number of ether oxygens (including phenoxy) is 1. The number of fused-ring (bicyclic) bond motifs is 3. The van der Waals surface area contributed by atoms with E-state index in [4.69, 9.17) is 4.74 Å². The second-order valence-electron chi connectivity index (χ2n) is 6.24. The van der Waals surface area contributed by atoms with Crippen molar-refractivity contribution in [3.05, 3.63) is 76.2 Å². The Kier molecular flexibility index (Phi) is 4.13. The number of hydrogen-bond acceptors (Lipinski definition) is 3. The lowest BCUT2D eigenvalue weighted by Gasteiger charge is -2.20.